The molecule has 2 rings (SSSR count). The van der Waals surface area contributed by atoms with Crippen molar-refractivity contribution in [2.24, 2.45) is 0 Å². The van der Waals surface area contributed by atoms with Crippen LogP contribution in [-0.4, -0.2) is 10.1 Å². The second-order valence-electron chi connectivity index (χ2n) is 3.86. The van der Waals surface area contributed by atoms with E-state index in [1.165, 1.54) is 18.3 Å². The zero-order valence-corrected chi connectivity index (χ0v) is 10.0. The first-order chi connectivity index (χ1) is 9.22. The molecule has 0 spiro atoms. The van der Waals surface area contributed by atoms with E-state index in [4.69, 9.17) is 15.1 Å². The third-order valence-electron chi connectivity index (χ3n) is 2.52. The summed E-state index contributed by atoms with van der Waals surface area (Å²) in [6.07, 6.45) is 1.50. The van der Waals surface area contributed by atoms with Gasteiger partial charge in [-0.05, 0) is 29.8 Å². The van der Waals surface area contributed by atoms with Gasteiger partial charge in [-0.15, -0.1) is 0 Å². The minimum Gasteiger partial charge on any atom is -0.487 e. The number of aliphatic hydroxyl groups excluding tert-OH is 1. The number of aliphatic hydroxyl groups is 1. The molecule has 2 aromatic rings. The van der Waals surface area contributed by atoms with Crippen molar-refractivity contribution < 1.29 is 14.2 Å². The monoisotopic (exact) mass is 258 g/mol. The van der Waals surface area contributed by atoms with E-state index in [1.54, 1.807) is 24.3 Å². The highest BCUT2D eigenvalue weighted by Gasteiger charge is 2.03. The third-order valence-corrected chi connectivity index (χ3v) is 2.52. The van der Waals surface area contributed by atoms with Crippen molar-refractivity contribution in [1.29, 1.82) is 5.26 Å². The minimum absolute atomic E-state index is 0.00477. The van der Waals surface area contributed by atoms with Gasteiger partial charge in [0.25, 0.3) is 0 Å². The highest BCUT2D eigenvalue weighted by atomic mass is 19.1. The second-order valence-corrected chi connectivity index (χ2v) is 3.86. The molecule has 4 nitrogen and oxygen atoms in total. The number of hydrogen-bond acceptors (Lipinski definition) is 4. The Hall–Kier alpha value is -2.45. The predicted octanol–water partition coefficient (Wildman–Crippen LogP) is 2.16. The van der Waals surface area contributed by atoms with Gasteiger partial charge >= 0.3 is 0 Å². The van der Waals surface area contributed by atoms with Crippen molar-refractivity contribution in [3.63, 3.8) is 0 Å². The van der Waals surface area contributed by atoms with E-state index in [1.807, 2.05) is 0 Å². The van der Waals surface area contributed by atoms with Gasteiger partial charge in [0.15, 0.2) is 0 Å². The lowest BCUT2D eigenvalue weighted by Gasteiger charge is -2.06. The topological polar surface area (TPSA) is 66.1 Å². The molecule has 19 heavy (non-hydrogen) atoms. The SMILES string of the molecule is N#Cc1cc(COc2ccc(CO)nc2)ccc1F. The van der Waals surface area contributed by atoms with E-state index in [9.17, 15) is 4.39 Å². The lowest BCUT2D eigenvalue weighted by molar-refractivity contribution is 0.275. The van der Waals surface area contributed by atoms with Gasteiger partial charge in [-0.3, -0.25) is 4.98 Å². The number of rotatable bonds is 4. The van der Waals surface area contributed by atoms with Gasteiger partial charge in [-0.25, -0.2) is 4.39 Å². The summed E-state index contributed by atoms with van der Waals surface area (Å²) in [5.74, 6) is 0.000230. The molecular weight excluding hydrogens is 247 g/mol. The van der Waals surface area contributed by atoms with Gasteiger partial charge in [-0.2, -0.15) is 5.26 Å². The molecule has 1 aromatic carbocycles. The van der Waals surface area contributed by atoms with E-state index < -0.39 is 5.82 Å². The lowest BCUT2D eigenvalue weighted by atomic mass is 10.1. The molecule has 0 unspecified atom stereocenters. The molecule has 0 radical (unpaired) electrons. The normalized spacial score (nSPS) is 9.95. The maximum atomic E-state index is 13.1. The Balaban J connectivity index is 2.04. The van der Waals surface area contributed by atoms with E-state index in [0.717, 1.165) is 0 Å². The molecule has 1 N–H and O–H groups in total. The molecule has 0 atom stereocenters. The average molecular weight is 258 g/mol. The van der Waals surface area contributed by atoms with Crippen LogP contribution < -0.4 is 4.74 Å². The van der Waals surface area contributed by atoms with Crippen LogP contribution in [0.25, 0.3) is 0 Å². The van der Waals surface area contributed by atoms with Crippen molar-refractivity contribution in [3.8, 4) is 11.8 Å². The van der Waals surface area contributed by atoms with Gasteiger partial charge in [0.05, 0.1) is 24.1 Å². The minimum atomic E-state index is -0.541. The van der Waals surface area contributed by atoms with Crippen molar-refractivity contribution >= 4 is 0 Å². The van der Waals surface area contributed by atoms with Gasteiger partial charge in [-0.1, -0.05) is 6.07 Å². The van der Waals surface area contributed by atoms with Crippen molar-refractivity contribution in [1.82, 2.24) is 4.98 Å². The highest BCUT2D eigenvalue weighted by Crippen LogP contribution is 2.14. The molecule has 0 fully saturated rings. The molecule has 0 aliphatic rings. The van der Waals surface area contributed by atoms with Crippen LogP contribution in [-0.2, 0) is 13.2 Å². The summed E-state index contributed by atoms with van der Waals surface area (Å²) in [5.41, 5.74) is 1.25. The molecule has 0 saturated carbocycles. The highest BCUT2D eigenvalue weighted by molar-refractivity contribution is 5.34. The fourth-order valence-electron chi connectivity index (χ4n) is 1.50. The number of pyridine rings is 1. The summed E-state index contributed by atoms with van der Waals surface area (Å²) >= 11 is 0. The molecule has 0 saturated heterocycles. The quantitative estimate of drug-likeness (QED) is 0.912. The van der Waals surface area contributed by atoms with Crippen LogP contribution in [0.1, 0.15) is 16.8 Å². The number of hydrogen-bond donors (Lipinski definition) is 1. The maximum absolute atomic E-state index is 13.1. The van der Waals surface area contributed by atoms with Crippen LogP contribution in [0.15, 0.2) is 36.5 Å². The Morgan fingerprint density at radius 2 is 2.16 bits per heavy atom. The molecular formula is C14H11FN2O2. The average Bonchev–Trinajstić information content (AvgIpc) is 2.47. The zero-order chi connectivity index (χ0) is 13.7. The van der Waals surface area contributed by atoms with Gasteiger partial charge in [0.2, 0.25) is 0 Å². The smallest absolute Gasteiger partial charge is 0.140 e. The van der Waals surface area contributed by atoms with Crippen LogP contribution in [0, 0.1) is 17.1 Å². The number of nitriles is 1. The van der Waals surface area contributed by atoms with Crippen molar-refractivity contribution in [2.75, 3.05) is 0 Å². The molecule has 1 heterocycles. The number of ether oxygens (including phenoxy) is 1. The number of aromatic nitrogens is 1. The molecule has 96 valence electrons. The maximum Gasteiger partial charge on any atom is 0.140 e. The summed E-state index contributed by atoms with van der Waals surface area (Å²) in [6, 6.07) is 9.37. The first-order valence-corrected chi connectivity index (χ1v) is 5.60. The molecule has 1 aromatic heterocycles. The van der Waals surface area contributed by atoms with Gasteiger partial charge in [0, 0.05) is 0 Å². The third kappa shape index (κ3) is 3.27. The van der Waals surface area contributed by atoms with Gasteiger partial charge < -0.3 is 9.84 Å². The Labute approximate surface area is 109 Å². The van der Waals surface area contributed by atoms with Crippen LogP contribution in [0.5, 0.6) is 5.75 Å². The zero-order valence-electron chi connectivity index (χ0n) is 10.0. The Morgan fingerprint density at radius 1 is 1.32 bits per heavy atom. The van der Waals surface area contributed by atoms with Crippen LogP contribution in [0.4, 0.5) is 4.39 Å². The fourth-order valence-corrected chi connectivity index (χ4v) is 1.50. The second kappa shape index (κ2) is 5.94. The van der Waals surface area contributed by atoms with Crippen molar-refractivity contribution in [2.45, 2.75) is 13.2 Å². The molecule has 0 aliphatic carbocycles. The van der Waals surface area contributed by atoms with Crippen LogP contribution in [0.2, 0.25) is 0 Å². The summed E-state index contributed by atoms with van der Waals surface area (Å²) in [6.45, 7) is 0.0961. The van der Waals surface area contributed by atoms with E-state index in [2.05, 4.69) is 4.98 Å². The summed E-state index contributed by atoms with van der Waals surface area (Å²) in [7, 11) is 0. The Bertz CT molecular complexity index is 606. The number of benzene rings is 1. The van der Waals surface area contributed by atoms with E-state index in [-0.39, 0.29) is 18.8 Å². The van der Waals surface area contributed by atoms with Gasteiger partial charge in [0.1, 0.15) is 24.2 Å². The summed E-state index contributed by atoms with van der Waals surface area (Å²) in [4.78, 5) is 3.97. The molecule has 0 bridgehead atoms. The standard InChI is InChI=1S/C14H11FN2O2/c15-14-4-1-10(5-11(14)6-16)9-19-13-3-2-12(8-18)17-7-13/h1-5,7,18H,8-9H2. The number of nitrogens with zero attached hydrogens (tertiary/aromatic N) is 2. The summed E-state index contributed by atoms with van der Waals surface area (Å²) in [5, 5.41) is 17.6. The Kier molecular flexibility index (Phi) is 4.06. The number of halogens is 1. The molecule has 0 aliphatic heterocycles. The predicted molar refractivity (Wildman–Crippen MR) is 65.6 cm³/mol. The molecule has 0 amide bonds. The first kappa shape index (κ1) is 13.0. The molecule has 5 heteroatoms. The van der Waals surface area contributed by atoms with Crippen LogP contribution in [0.3, 0.4) is 0 Å². The van der Waals surface area contributed by atoms with Crippen LogP contribution >= 0.6 is 0 Å². The van der Waals surface area contributed by atoms with E-state index >= 15 is 0 Å². The fraction of sp³-hybridized carbons (Fsp3) is 0.143. The Morgan fingerprint density at radius 3 is 2.79 bits per heavy atom. The first-order valence-electron chi connectivity index (χ1n) is 5.60. The van der Waals surface area contributed by atoms with E-state index in [0.29, 0.717) is 17.0 Å². The summed E-state index contributed by atoms with van der Waals surface area (Å²) < 4.78 is 18.6. The van der Waals surface area contributed by atoms with Crippen molar-refractivity contribution in [3.05, 3.63) is 59.2 Å². The lowest BCUT2D eigenvalue weighted by Crippen LogP contribution is -1.98. The largest absolute Gasteiger partial charge is 0.487 e.